The van der Waals surface area contributed by atoms with Gasteiger partial charge in [-0.3, -0.25) is 9.69 Å². The van der Waals surface area contributed by atoms with Gasteiger partial charge in [0.2, 0.25) is 5.91 Å². The second-order valence-electron chi connectivity index (χ2n) is 3.85. The lowest BCUT2D eigenvalue weighted by Gasteiger charge is -2.33. The summed E-state index contributed by atoms with van der Waals surface area (Å²) in [5, 5.41) is 0.660. The lowest BCUT2D eigenvalue weighted by atomic mass is 10.1. The highest BCUT2D eigenvalue weighted by molar-refractivity contribution is 8.00. The minimum atomic E-state index is -0.214. The standard InChI is InChI=1S/C9H18N2OS/c1-7(2)8-5-11(3-4-13-8)6-9(10)12/h7-8H,3-6H2,1-2H3,(H2,10,12). The number of hydrogen-bond donors (Lipinski definition) is 1. The molecule has 1 saturated heterocycles. The van der Waals surface area contributed by atoms with Gasteiger partial charge in [0.25, 0.3) is 0 Å². The first-order valence-electron chi connectivity index (χ1n) is 4.72. The van der Waals surface area contributed by atoms with Gasteiger partial charge in [-0.05, 0) is 5.92 Å². The van der Waals surface area contributed by atoms with Crippen LogP contribution in [0.3, 0.4) is 0 Å². The fourth-order valence-corrected chi connectivity index (χ4v) is 2.87. The number of rotatable bonds is 3. The Morgan fingerprint density at radius 3 is 2.92 bits per heavy atom. The molecule has 0 bridgehead atoms. The maximum absolute atomic E-state index is 10.7. The van der Waals surface area contributed by atoms with E-state index in [4.69, 9.17) is 5.73 Å². The van der Waals surface area contributed by atoms with Crippen LogP contribution in [-0.4, -0.2) is 41.4 Å². The van der Waals surface area contributed by atoms with E-state index in [1.165, 1.54) is 0 Å². The maximum Gasteiger partial charge on any atom is 0.231 e. The molecule has 0 aromatic rings. The van der Waals surface area contributed by atoms with Crippen LogP contribution in [0.2, 0.25) is 0 Å². The van der Waals surface area contributed by atoms with E-state index in [9.17, 15) is 4.79 Å². The van der Waals surface area contributed by atoms with Crippen LogP contribution >= 0.6 is 11.8 Å². The monoisotopic (exact) mass is 202 g/mol. The van der Waals surface area contributed by atoms with Gasteiger partial charge in [-0.2, -0.15) is 11.8 Å². The molecule has 2 N–H and O–H groups in total. The van der Waals surface area contributed by atoms with Crippen LogP contribution < -0.4 is 5.73 Å². The Morgan fingerprint density at radius 2 is 2.38 bits per heavy atom. The first-order valence-corrected chi connectivity index (χ1v) is 5.76. The van der Waals surface area contributed by atoms with Gasteiger partial charge >= 0.3 is 0 Å². The van der Waals surface area contributed by atoms with E-state index < -0.39 is 0 Å². The Morgan fingerprint density at radius 1 is 1.69 bits per heavy atom. The smallest absolute Gasteiger partial charge is 0.231 e. The molecule has 0 aromatic carbocycles. The Balaban J connectivity index is 2.37. The van der Waals surface area contributed by atoms with Crippen molar-refractivity contribution in [2.45, 2.75) is 19.1 Å². The summed E-state index contributed by atoms with van der Waals surface area (Å²) in [5.41, 5.74) is 5.16. The van der Waals surface area contributed by atoms with Gasteiger partial charge in [0.15, 0.2) is 0 Å². The fourth-order valence-electron chi connectivity index (χ4n) is 1.50. The predicted octanol–water partition coefficient (Wildman–Crippen LogP) is 0.545. The van der Waals surface area contributed by atoms with Crippen LogP contribution in [0, 0.1) is 5.92 Å². The van der Waals surface area contributed by atoms with Gasteiger partial charge < -0.3 is 5.73 Å². The number of carbonyl (C=O) groups is 1. The average Bonchev–Trinajstić information content (AvgIpc) is 2.03. The molecule has 1 unspecified atom stereocenters. The molecule has 4 heteroatoms. The van der Waals surface area contributed by atoms with E-state index >= 15 is 0 Å². The quantitative estimate of drug-likeness (QED) is 0.727. The molecule has 0 spiro atoms. The number of primary amides is 1. The summed E-state index contributed by atoms with van der Waals surface area (Å²) >= 11 is 2.01. The van der Waals surface area contributed by atoms with E-state index in [0.717, 1.165) is 18.8 Å². The molecule has 0 aromatic heterocycles. The second kappa shape index (κ2) is 4.86. The highest BCUT2D eigenvalue weighted by atomic mass is 32.2. The molecule has 1 fully saturated rings. The molecular formula is C9H18N2OS. The van der Waals surface area contributed by atoms with Crippen molar-refractivity contribution in [3.05, 3.63) is 0 Å². The fraction of sp³-hybridized carbons (Fsp3) is 0.889. The van der Waals surface area contributed by atoms with Crippen LogP contribution in [0.25, 0.3) is 0 Å². The van der Waals surface area contributed by atoms with Crippen molar-refractivity contribution in [1.29, 1.82) is 0 Å². The molecule has 0 radical (unpaired) electrons. The third-order valence-electron chi connectivity index (χ3n) is 2.30. The molecule has 1 aliphatic rings. The molecule has 1 atom stereocenters. The average molecular weight is 202 g/mol. The summed E-state index contributed by atoms with van der Waals surface area (Å²) in [7, 11) is 0. The van der Waals surface area contributed by atoms with Gasteiger partial charge in [-0.1, -0.05) is 13.8 Å². The second-order valence-corrected chi connectivity index (χ2v) is 5.20. The minimum absolute atomic E-state index is 0.214. The summed E-state index contributed by atoms with van der Waals surface area (Å²) < 4.78 is 0. The number of amides is 1. The first kappa shape index (κ1) is 10.9. The Bertz CT molecular complexity index is 184. The zero-order valence-corrected chi connectivity index (χ0v) is 9.14. The summed E-state index contributed by atoms with van der Waals surface area (Å²) in [6, 6.07) is 0. The van der Waals surface area contributed by atoms with Crippen LogP contribution in [0.5, 0.6) is 0 Å². The molecule has 76 valence electrons. The number of hydrogen-bond acceptors (Lipinski definition) is 3. The van der Waals surface area contributed by atoms with E-state index in [2.05, 4.69) is 18.7 Å². The predicted molar refractivity (Wildman–Crippen MR) is 56.7 cm³/mol. The topological polar surface area (TPSA) is 46.3 Å². The maximum atomic E-state index is 10.7. The number of thioether (sulfide) groups is 1. The molecule has 3 nitrogen and oxygen atoms in total. The van der Waals surface area contributed by atoms with E-state index in [1.54, 1.807) is 0 Å². The number of nitrogens with two attached hydrogens (primary N) is 1. The first-order chi connectivity index (χ1) is 6.09. The molecule has 1 aliphatic heterocycles. The lowest BCUT2D eigenvalue weighted by molar-refractivity contribution is -0.119. The highest BCUT2D eigenvalue weighted by Gasteiger charge is 2.23. The molecule has 1 rings (SSSR count). The van der Waals surface area contributed by atoms with Crippen LogP contribution in [0.15, 0.2) is 0 Å². The third-order valence-corrected chi connectivity index (χ3v) is 3.84. The summed E-state index contributed by atoms with van der Waals surface area (Å²) in [5.74, 6) is 1.59. The molecule has 1 heterocycles. The third kappa shape index (κ3) is 3.56. The largest absolute Gasteiger partial charge is 0.369 e. The van der Waals surface area contributed by atoms with Gasteiger partial charge in [-0.25, -0.2) is 0 Å². The van der Waals surface area contributed by atoms with Crippen LogP contribution in [0.1, 0.15) is 13.8 Å². The van der Waals surface area contributed by atoms with Crippen molar-refractivity contribution in [1.82, 2.24) is 4.90 Å². The van der Waals surface area contributed by atoms with Crippen molar-refractivity contribution in [3.63, 3.8) is 0 Å². The van der Waals surface area contributed by atoms with Gasteiger partial charge in [0, 0.05) is 24.1 Å². The zero-order valence-electron chi connectivity index (χ0n) is 8.32. The van der Waals surface area contributed by atoms with Crippen LogP contribution in [-0.2, 0) is 4.79 Å². The normalized spacial score (nSPS) is 25.0. The Hall–Kier alpha value is -0.220. The number of carbonyl (C=O) groups excluding carboxylic acids is 1. The van der Waals surface area contributed by atoms with E-state index in [-0.39, 0.29) is 5.91 Å². The van der Waals surface area contributed by atoms with E-state index in [0.29, 0.717) is 17.7 Å². The van der Waals surface area contributed by atoms with Crippen molar-refractivity contribution < 1.29 is 4.79 Å². The Labute approximate surface area is 84.0 Å². The van der Waals surface area contributed by atoms with Crippen molar-refractivity contribution in [3.8, 4) is 0 Å². The lowest BCUT2D eigenvalue weighted by Crippen LogP contribution is -2.44. The molecule has 0 saturated carbocycles. The van der Waals surface area contributed by atoms with Crippen LogP contribution in [0.4, 0.5) is 0 Å². The van der Waals surface area contributed by atoms with Gasteiger partial charge in [-0.15, -0.1) is 0 Å². The van der Waals surface area contributed by atoms with Crippen molar-refractivity contribution in [2.24, 2.45) is 11.7 Å². The van der Waals surface area contributed by atoms with E-state index in [1.807, 2.05) is 11.8 Å². The molecular weight excluding hydrogens is 184 g/mol. The van der Waals surface area contributed by atoms with Crippen molar-refractivity contribution in [2.75, 3.05) is 25.4 Å². The molecule has 0 aliphatic carbocycles. The summed E-state index contributed by atoms with van der Waals surface area (Å²) in [6.07, 6.45) is 0. The SMILES string of the molecule is CC(C)C1CN(CC(N)=O)CCS1. The summed E-state index contributed by atoms with van der Waals surface area (Å²) in [4.78, 5) is 12.9. The van der Waals surface area contributed by atoms with Gasteiger partial charge in [0.1, 0.15) is 0 Å². The summed E-state index contributed by atoms with van der Waals surface area (Å²) in [6.45, 7) is 6.88. The van der Waals surface area contributed by atoms with Gasteiger partial charge in [0.05, 0.1) is 6.54 Å². The number of nitrogens with zero attached hydrogens (tertiary/aromatic N) is 1. The molecule has 1 amide bonds. The zero-order chi connectivity index (χ0) is 9.84. The highest BCUT2D eigenvalue weighted by Crippen LogP contribution is 2.24. The Kier molecular flexibility index (Phi) is 4.06. The minimum Gasteiger partial charge on any atom is -0.369 e. The molecule has 13 heavy (non-hydrogen) atoms. The van der Waals surface area contributed by atoms with Crippen molar-refractivity contribution >= 4 is 17.7 Å².